The van der Waals surface area contributed by atoms with Gasteiger partial charge in [-0.05, 0) is 40.8 Å². The molecule has 1 heterocycles. The number of fused-ring (bicyclic) bond motifs is 1. The van der Waals surface area contributed by atoms with E-state index in [4.69, 9.17) is 9.47 Å². The highest BCUT2D eigenvalue weighted by Crippen LogP contribution is 2.43. The summed E-state index contributed by atoms with van der Waals surface area (Å²) >= 11 is 3.91. The third-order valence-electron chi connectivity index (χ3n) is 1.97. The number of thiophene rings is 1. The molecule has 0 aliphatic rings. The number of hydrogen-bond acceptors (Lipinski definition) is 3. The molecule has 0 bridgehead atoms. The van der Waals surface area contributed by atoms with Crippen LogP contribution in [0.5, 0.6) is 10.8 Å². The Kier molecular flexibility index (Phi) is 2.83. The summed E-state index contributed by atoms with van der Waals surface area (Å²) in [5, 5.41) is 1.96. The standard InChI is InChI=1S/C10H9IO2S/c1-12-9-7-4-3-6(11)5-8(7)14-10(9)13-2/h3-5H,1-2H3. The zero-order chi connectivity index (χ0) is 10.1. The summed E-state index contributed by atoms with van der Waals surface area (Å²) < 4.78 is 13.0. The average Bonchev–Trinajstić information content (AvgIpc) is 2.54. The molecule has 0 amide bonds. The van der Waals surface area contributed by atoms with Crippen molar-refractivity contribution in [3.05, 3.63) is 21.8 Å². The van der Waals surface area contributed by atoms with Crippen molar-refractivity contribution in [3.8, 4) is 10.8 Å². The number of rotatable bonds is 2. The SMILES string of the molecule is COc1sc2cc(I)ccc2c1OC. The van der Waals surface area contributed by atoms with Gasteiger partial charge in [0, 0.05) is 13.7 Å². The van der Waals surface area contributed by atoms with Crippen LogP contribution in [-0.2, 0) is 0 Å². The van der Waals surface area contributed by atoms with Gasteiger partial charge in [-0.3, -0.25) is 0 Å². The number of methoxy groups -OCH3 is 2. The Hall–Kier alpha value is -0.490. The molecule has 0 unspecified atom stereocenters. The van der Waals surface area contributed by atoms with E-state index in [1.54, 1.807) is 25.6 Å². The van der Waals surface area contributed by atoms with Crippen LogP contribution in [0, 0.1) is 3.57 Å². The minimum atomic E-state index is 0.837. The zero-order valence-electron chi connectivity index (χ0n) is 7.83. The van der Waals surface area contributed by atoms with E-state index in [-0.39, 0.29) is 0 Å². The fourth-order valence-corrected chi connectivity index (χ4v) is 3.08. The minimum absolute atomic E-state index is 0.837. The Morgan fingerprint density at radius 1 is 1.21 bits per heavy atom. The van der Waals surface area contributed by atoms with E-state index in [0.29, 0.717) is 0 Å². The van der Waals surface area contributed by atoms with Crippen LogP contribution in [0.1, 0.15) is 0 Å². The lowest BCUT2D eigenvalue weighted by Gasteiger charge is -2.00. The van der Waals surface area contributed by atoms with Gasteiger partial charge in [0.1, 0.15) is 0 Å². The van der Waals surface area contributed by atoms with E-state index >= 15 is 0 Å². The van der Waals surface area contributed by atoms with Crippen LogP contribution in [0.25, 0.3) is 10.1 Å². The van der Waals surface area contributed by atoms with Gasteiger partial charge < -0.3 is 9.47 Å². The molecule has 0 aliphatic heterocycles. The molecule has 0 radical (unpaired) electrons. The molecule has 1 aromatic carbocycles. The highest BCUT2D eigenvalue weighted by molar-refractivity contribution is 14.1. The maximum absolute atomic E-state index is 5.31. The molecule has 0 aliphatic carbocycles. The van der Waals surface area contributed by atoms with Gasteiger partial charge in [-0.1, -0.05) is 11.3 Å². The highest BCUT2D eigenvalue weighted by Gasteiger charge is 2.12. The summed E-state index contributed by atoms with van der Waals surface area (Å²) in [5.41, 5.74) is 0. The zero-order valence-corrected chi connectivity index (χ0v) is 10.8. The first-order valence-electron chi connectivity index (χ1n) is 4.06. The van der Waals surface area contributed by atoms with Gasteiger partial charge in [-0.2, -0.15) is 0 Å². The van der Waals surface area contributed by atoms with Crippen molar-refractivity contribution in [3.63, 3.8) is 0 Å². The summed E-state index contributed by atoms with van der Waals surface area (Å²) in [5.74, 6) is 0.837. The molecule has 0 atom stereocenters. The highest BCUT2D eigenvalue weighted by atomic mass is 127. The molecule has 2 aromatic rings. The van der Waals surface area contributed by atoms with Crippen molar-refractivity contribution in [2.45, 2.75) is 0 Å². The maximum Gasteiger partial charge on any atom is 0.217 e. The van der Waals surface area contributed by atoms with Crippen LogP contribution in [0.3, 0.4) is 0 Å². The second kappa shape index (κ2) is 3.94. The minimum Gasteiger partial charge on any atom is -0.491 e. The Balaban J connectivity index is 2.73. The molecule has 4 heteroatoms. The van der Waals surface area contributed by atoms with Gasteiger partial charge in [0.05, 0.1) is 14.2 Å². The molecule has 0 saturated heterocycles. The Labute approximate surface area is 100.0 Å². The summed E-state index contributed by atoms with van der Waals surface area (Å²) in [7, 11) is 3.33. The lowest BCUT2D eigenvalue weighted by molar-refractivity contribution is 0.367. The second-order valence-corrected chi connectivity index (χ2v) is 5.03. The van der Waals surface area contributed by atoms with Gasteiger partial charge >= 0.3 is 0 Å². The molecule has 0 saturated carbocycles. The van der Waals surface area contributed by atoms with Crippen LogP contribution in [0.2, 0.25) is 0 Å². The normalized spacial score (nSPS) is 10.5. The van der Waals surface area contributed by atoms with Gasteiger partial charge in [-0.15, -0.1) is 0 Å². The quantitative estimate of drug-likeness (QED) is 0.788. The van der Waals surface area contributed by atoms with Gasteiger partial charge in [0.2, 0.25) is 5.06 Å². The third-order valence-corrected chi connectivity index (χ3v) is 3.73. The Bertz CT molecular complexity index is 464. The molecule has 0 fully saturated rings. The second-order valence-electron chi connectivity index (χ2n) is 2.77. The van der Waals surface area contributed by atoms with E-state index in [9.17, 15) is 0 Å². The average molecular weight is 320 g/mol. The molecule has 14 heavy (non-hydrogen) atoms. The Morgan fingerprint density at radius 2 is 2.00 bits per heavy atom. The topological polar surface area (TPSA) is 18.5 Å². The summed E-state index contributed by atoms with van der Waals surface area (Å²) in [6, 6.07) is 6.26. The van der Waals surface area contributed by atoms with Gasteiger partial charge in [0.25, 0.3) is 0 Å². The Morgan fingerprint density at radius 3 is 2.64 bits per heavy atom. The van der Waals surface area contributed by atoms with Crippen molar-refractivity contribution in [2.75, 3.05) is 14.2 Å². The lowest BCUT2D eigenvalue weighted by Crippen LogP contribution is -1.85. The smallest absolute Gasteiger partial charge is 0.217 e. The molecule has 1 aromatic heterocycles. The predicted octanol–water partition coefficient (Wildman–Crippen LogP) is 3.52. The molecule has 2 rings (SSSR count). The summed E-state index contributed by atoms with van der Waals surface area (Å²) in [6.07, 6.45) is 0. The summed E-state index contributed by atoms with van der Waals surface area (Å²) in [4.78, 5) is 0. The third kappa shape index (κ3) is 1.56. The van der Waals surface area contributed by atoms with Crippen LogP contribution in [-0.4, -0.2) is 14.2 Å². The molecular formula is C10H9IO2S. The van der Waals surface area contributed by atoms with Crippen molar-refractivity contribution in [1.82, 2.24) is 0 Å². The molecule has 2 nitrogen and oxygen atoms in total. The van der Waals surface area contributed by atoms with Gasteiger partial charge in [0.15, 0.2) is 5.75 Å². The number of hydrogen-bond donors (Lipinski definition) is 0. The monoisotopic (exact) mass is 320 g/mol. The van der Waals surface area contributed by atoms with Crippen LogP contribution < -0.4 is 9.47 Å². The van der Waals surface area contributed by atoms with Crippen LogP contribution >= 0.6 is 33.9 Å². The number of benzene rings is 1. The van der Waals surface area contributed by atoms with Crippen LogP contribution in [0.4, 0.5) is 0 Å². The van der Waals surface area contributed by atoms with E-state index in [1.807, 2.05) is 0 Å². The maximum atomic E-state index is 5.31. The molecule has 0 N–H and O–H groups in total. The first kappa shape index (κ1) is 10.0. The first-order valence-corrected chi connectivity index (χ1v) is 5.96. The van der Waals surface area contributed by atoms with E-state index in [0.717, 1.165) is 16.2 Å². The molecule has 74 valence electrons. The summed E-state index contributed by atoms with van der Waals surface area (Å²) in [6.45, 7) is 0. The van der Waals surface area contributed by atoms with Crippen molar-refractivity contribution in [2.24, 2.45) is 0 Å². The van der Waals surface area contributed by atoms with Gasteiger partial charge in [-0.25, -0.2) is 0 Å². The number of ether oxygens (including phenoxy) is 2. The largest absolute Gasteiger partial charge is 0.491 e. The van der Waals surface area contributed by atoms with E-state index < -0.39 is 0 Å². The number of halogens is 1. The van der Waals surface area contributed by atoms with E-state index in [1.165, 1.54) is 8.27 Å². The predicted molar refractivity (Wildman–Crippen MR) is 67.6 cm³/mol. The van der Waals surface area contributed by atoms with Crippen molar-refractivity contribution in [1.29, 1.82) is 0 Å². The lowest BCUT2D eigenvalue weighted by atomic mass is 10.2. The molecule has 0 spiro atoms. The fourth-order valence-electron chi connectivity index (χ4n) is 1.35. The van der Waals surface area contributed by atoms with Crippen molar-refractivity contribution < 1.29 is 9.47 Å². The first-order chi connectivity index (χ1) is 6.76. The molecular weight excluding hydrogens is 311 g/mol. The fraction of sp³-hybridized carbons (Fsp3) is 0.200. The van der Waals surface area contributed by atoms with Crippen molar-refractivity contribution >= 4 is 44.0 Å². The van der Waals surface area contributed by atoms with Crippen LogP contribution in [0.15, 0.2) is 18.2 Å². The van der Waals surface area contributed by atoms with E-state index in [2.05, 4.69) is 40.8 Å².